The third-order valence-corrected chi connectivity index (χ3v) is 4.78. The minimum absolute atomic E-state index is 0.137. The Labute approximate surface area is 114 Å². The zero-order chi connectivity index (χ0) is 13.2. The van der Waals surface area contributed by atoms with E-state index in [1.54, 1.807) is 18.2 Å². The average molecular weight is 327 g/mol. The Bertz CT molecular complexity index is 657. The molecule has 1 heterocycles. The summed E-state index contributed by atoms with van der Waals surface area (Å²) in [6.45, 7) is 1.89. The van der Waals surface area contributed by atoms with Gasteiger partial charge in [-0.3, -0.25) is 9.71 Å². The Balaban J connectivity index is 2.37. The SMILES string of the molecule is Cc1cccc(NS(=O)(=O)c2cccnc2)c1Br. The Morgan fingerprint density at radius 2 is 2.00 bits per heavy atom. The summed E-state index contributed by atoms with van der Waals surface area (Å²) in [6.07, 6.45) is 2.84. The Morgan fingerprint density at radius 3 is 2.67 bits per heavy atom. The number of rotatable bonds is 3. The molecule has 0 spiro atoms. The first-order valence-electron chi connectivity index (χ1n) is 5.18. The topological polar surface area (TPSA) is 59.1 Å². The van der Waals surface area contributed by atoms with E-state index in [4.69, 9.17) is 0 Å². The van der Waals surface area contributed by atoms with E-state index >= 15 is 0 Å². The van der Waals surface area contributed by atoms with E-state index in [9.17, 15) is 8.42 Å². The summed E-state index contributed by atoms with van der Waals surface area (Å²) >= 11 is 3.36. The van der Waals surface area contributed by atoms with Crippen LogP contribution in [0.4, 0.5) is 5.69 Å². The van der Waals surface area contributed by atoms with Crippen molar-refractivity contribution in [1.82, 2.24) is 4.98 Å². The van der Waals surface area contributed by atoms with Crippen molar-refractivity contribution in [3.05, 3.63) is 52.8 Å². The number of nitrogens with one attached hydrogen (secondary N) is 1. The van der Waals surface area contributed by atoms with Crippen molar-refractivity contribution >= 4 is 31.6 Å². The van der Waals surface area contributed by atoms with E-state index in [1.807, 2.05) is 13.0 Å². The number of hydrogen-bond acceptors (Lipinski definition) is 3. The number of hydrogen-bond donors (Lipinski definition) is 1. The number of aryl methyl sites for hydroxylation is 1. The van der Waals surface area contributed by atoms with Crippen molar-refractivity contribution in [1.29, 1.82) is 0 Å². The van der Waals surface area contributed by atoms with Crippen LogP contribution < -0.4 is 4.72 Å². The van der Waals surface area contributed by atoms with Crippen LogP contribution in [0, 0.1) is 6.92 Å². The minimum Gasteiger partial charge on any atom is -0.278 e. The highest BCUT2D eigenvalue weighted by Gasteiger charge is 2.15. The standard InChI is InChI=1S/C12H11BrN2O2S/c1-9-4-2-6-11(12(9)13)15-18(16,17)10-5-3-7-14-8-10/h2-8,15H,1H3. The van der Waals surface area contributed by atoms with Crippen molar-refractivity contribution in [2.75, 3.05) is 4.72 Å². The van der Waals surface area contributed by atoms with Gasteiger partial charge < -0.3 is 0 Å². The summed E-state index contributed by atoms with van der Waals surface area (Å²) in [6, 6.07) is 8.47. The maximum absolute atomic E-state index is 12.1. The summed E-state index contributed by atoms with van der Waals surface area (Å²) < 4.78 is 27.4. The molecule has 0 bridgehead atoms. The van der Waals surface area contributed by atoms with Gasteiger partial charge in [0.1, 0.15) is 4.90 Å². The van der Waals surface area contributed by atoms with Crippen LogP contribution in [0.25, 0.3) is 0 Å². The van der Waals surface area contributed by atoms with Crippen LogP contribution in [0.5, 0.6) is 0 Å². The molecule has 1 N–H and O–H groups in total. The lowest BCUT2D eigenvalue weighted by molar-refractivity contribution is 0.601. The fourth-order valence-corrected chi connectivity index (χ4v) is 2.97. The fourth-order valence-electron chi connectivity index (χ4n) is 1.44. The van der Waals surface area contributed by atoms with Gasteiger partial charge in [-0.05, 0) is 46.6 Å². The molecule has 0 saturated heterocycles. The van der Waals surface area contributed by atoms with Gasteiger partial charge in [-0.15, -0.1) is 0 Å². The molecule has 0 unspecified atom stereocenters. The lowest BCUT2D eigenvalue weighted by Gasteiger charge is -2.10. The van der Waals surface area contributed by atoms with Crippen LogP contribution in [0.2, 0.25) is 0 Å². The summed E-state index contributed by atoms with van der Waals surface area (Å²) in [5.74, 6) is 0. The van der Waals surface area contributed by atoms with Crippen molar-refractivity contribution in [3.63, 3.8) is 0 Å². The van der Waals surface area contributed by atoms with Crippen LogP contribution in [0.1, 0.15) is 5.56 Å². The zero-order valence-corrected chi connectivity index (χ0v) is 12.0. The van der Waals surface area contributed by atoms with E-state index in [0.717, 1.165) is 10.0 Å². The number of benzene rings is 1. The van der Waals surface area contributed by atoms with Gasteiger partial charge in [-0.25, -0.2) is 8.42 Å². The van der Waals surface area contributed by atoms with Gasteiger partial charge in [0.05, 0.1) is 5.69 Å². The van der Waals surface area contributed by atoms with Gasteiger partial charge in [-0.1, -0.05) is 12.1 Å². The van der Waals surface area contributed by atoms with Crippen LogP contribution in [-0.4, -0.2) is 13.4 Å². The molecule has 6 heteroatoms. The van der Waals surface area contributed by atoms with Crippen LogP contribution >= 0.6 is 15.9 Å². The third kappa shape index (κ3) is 2.70. The van der Waals surface area contributed by atoms with Crippen molar-refractivity contribution in [2.24, 2.45) is 0 Å². The number of pyridine rings is 1. The molecule has 1 aromatic heterocycles. The average Bonchev–Trinajstić information content (AvgIpc) is 2.36. The predicted molar refractivity (Wildman–Crippen MR) is 73.9 cm³/mol. The molecule has 0 amide bonds. The number of sulfonamides is 1. The molecule has 1 aromatic carbocycles. The Kier molecular flexibility index (Phi) is 3.68. The van der Waals surface area contributed by atoms with E-state index < -0.39 is 10.0 Å². The number of aromatic nitrogens is 1. The first-order valence-corrected chi connectivity index (χ1v) is 7.46. The molecule has 4 nitrogen and oxygen atoms in total. The number of halogens is 1. The van der Waals surface area contributed by atoms with E-state index in [0.29, 0.717) is 5.69 Å². The smallest absolute Gasteiger partial charge is 0.263 e. The molecule has 0 aliphatic carbocycles. The van der Waals surface area contributed by atoms with Gasteiger partial charge in [0.25, 0.3) is 10.0 Å². The summed E-state index contributed by atoms with van der Waals surface area (Å²) in [5.41, 5.74) is 1.47. The first kappa shape index (κ1) is 13.0. The summed E-state index contributed by atoms with van der Waals surface area (Å²) in [4.78, 5) is 3.94. The zero-order valence-electron chi connectivity index (χ0n) is 9.59. The third-order valence-electron chi connectivity index (χ3n) is 2.38. The maximum Gasteiger partial charge on any atom is 0.263 e. The highest BCUT2D eigenvalue weighted by Crippen LogP contribution is 2.27. The Hall–Kier alpha value is -1.40. The number of nitrogens with zero attached hydrogens (tertiary/aromatic N) is 1. The molecule has 0 fully saturated rings. The number of anilines is 1. The molecule has 2 aromatic rings. The molecule has 0 aliphatic heterocycles. The second-order valence-corrected chi connectivity index (χ2v) is 6.21. The van der Waals surface area contributed by atoms with Crippen LogP contribution in [0.15, 0.2) is 52.1 Å². The lowest BCUT2D eigenvalue weighted by Crippen LogP contribution is -2.13. The van der Waals surface area contributed by atoms with Gasteiger partial charge in [0.2, 0.25) is 0 Å². The molecule has 18 heavy (non-hydrogen) atoms. The van der Waals surface area contributed by atoms with Crippen molar-refractivity contribution < 1.29 is 8.42 Å². The normalized spacial score (nSPS) is 11.2. The van der Waals surface area contributed by atoms with Crippen LogP contribution in [-0.2, 0) is 10.0 Å². The molecule has 0 atom stereocenters. The molecular formula is C12H11BrN2O2S. The Morgan fingerprint density at radius 1 is 1.22 bits per heavy atom. The van der Waals surface area contributed by atoms with Gasteiger partial charge in [-0.2, -0.15) is 0 Å². The van der Waals surface area contributed by atoms with Crippen molar-refractivity contribution in [3.8, 4) is 0 Å². The second kappa shape index (κ2) is 5.07. The highest BCUT2D eigenvalue weighted by atomic mass is 79.9. The largest absolute Gasteiger partial charge is 0.278 e. The first-order chi connectivity index (χ1) is 8.50. The monoisotopic (exact) mass is 326 g/mol. The fraction of sp³-hybridized carbons (Fsp3) is 0.0833. The maximum atomic E-state index is 12.1. The predicted octanol–water partition coefficient (Wildman–Crippen LogP) is 2.95. The van der Waals surface area contributed by atoms with Crippen molar-refractivity contribution in [2.45, 2.75) is 11.8 Å². The van der Waals surface area contributed by atoms with Gasteiger partial charge >= 0.3 is 0 Å². The lowest BCUT2D eigenvalue weighted by atomic mass is 10.2. The van der Waals surface area contributed by atoms with Gasteiger partial charge in [0, 0.05) is 16.9 Å². The summed E-state index contributed by atoms with van der Waals surface area (Å²) in [7, 11) is -3.60. The molecule has 2 rings (SSSR count). The van der Waals surface area contributed by atoms with E-state index in [1.165, 1.54) is 18.5 Å². The van der Waals surface area contributed by atoms with E-state index in [2.05, 4.69) is 25.6 Å². The molecule has 0 radical (unpaired) electrons. The second-order valence-electron chi connectivity index (χ2n) is 3.73. The highest BCUT2D eigenvalue weighted by molar-refractivity contribution is 9.10. The quantitative estimate of drug-likeness (QED) is 0.943. The van der Waals surface area contributed by atoms with E-state index in [-0.39, 0.29) is 4.90 Å². The van der Waals surface area contributed by atoms with Gasteiger partial charge in [0.15, 0.2) is 0 Å². The minimum atomic E-state index is -3.60. The molecule has 0 saturated carbocycles. The molecule has 0 aliphatic rings. The summed E-state index contributed by atoms with van der Waals surface area (Å²) in [5, 5.41) is 0. The van der Waals surface area contributed by atoms with Crippen LogP contribution in [0.3, 0.4) is 0 Å². The molecule has 94 valence electrons. The molecular weight excluding hydrogens is 316 g/mol.